The lowest BCUT2D eigenvalue weighted by Crippen LogP contribution is -2.24. The van der Waals surface area contributed by atoms with Crippen LogP contribution >= 0.6 is 0 Å². The van der Waals surface area contributed by atoms with Gasteiger partial charge in [0, 0.05) is 5.56 Å². The second kappa shape index (κ2) is 5.88. The number of hydrogen-bond donors (Lipinski definition) is 2. The summed E-state index contributed by atoms with van der Waals surface area (Å²) >= 11 is 0. The molecule has 0 fully saturated rings. The van der Waals surface area contributed by atoms with E-state index in [-0.39, 0.29) is 11.6 Å². The summed E-state index contributed by atoms with van der Waals surface area (Å²) in [5.41, 5.74) is 1.44. The predicted octanol–water partition coefficient (Wildman–Crippen LogP) is 2.42. The van der Waals surface area contributed by atoms with Crippen LogP contribution in [0.2, 0.25) is 0 Å². The third-order valence-corrected chi connectivity index (χ3v) is 3.43. The molecule has 116 valence electrons. The molecule has 0 aliphatic carbocycles. The maximum Gasteiger partial charge on any atom is 0.298 e. The van der Waals surface area contributed by atoms with Gasteiger partial charge in [0.25, 0.3) is 5.56 Å². The molecule has 0 atom stereocenters. The van der Waals surface area contributed by atoms with E-state index in [1.165, 1.54) is 0 Å². The van der Waals surface area contributed by atoms with Crippen molar-refractivity contribution in [3.63, 3.8) is 0 Å². The summed E-state index contributed by atoms with van der Waals surface area (Å²) in [5.74, 6) is -0.299. The zero-order chi connectivity index (χ0) is 16.4. The molecule has 0 spiro atoms. The summed E-state index contributed by atoms with van der Waals surface area (Å²) in [6.07, 6.45) is 5.33. The number of azo groups is 1. The van der Waals surface area contributed by atoms with Crippen molar-refractivity contribution in [2.75, 3.05) is 0 Å². The van der Waals surface area contributed by atoms with Gasteiger partial charge in [-0.3, -0.25) is 9.78 Å². The monoisotopic (exact) mass is 310 g/mol. The van der Waals surface area contributed by atoms with Crippen molar-refractivity contribution in [1.82, 2.24) is 9.55 Å². The van der Waals surface area contributed by atoms with E-state index in [2.05, 4.69) is 15.2 Å². The van der Waals surface area contributed by atoms with Gasteiger partial charge < -0.3 is 5.11 Å². The molecule has 0 radical (unpaired) electrons. The molecule has 7 heteroatoms. The molecule has 0 amide bonds. The van der Waals surface area contributed by atoms with Crippen molar-refractivity contribution in [2.24, 2.45) is 17.3 Å². The zero-order valence-corrected chi connectivity index (χ0v) is 12.8. The van der Waals surface area contributed by atoms with Crippen molar-refractivity contribution < 1.29 is 9.67 Å². The largest absolute Gasteiger partial charge is 0.493 e. The lowest BCUT2D eigenvalue weighted by Gasteiger charge is -2.05. The van der Waals surface area contributed by atoms with Gasteiger partial charge in [0.1, 0.15) is 12.4 Å². The van der Waals surface area contributed by atoms with E-state index in [0.29, 0.717) is 16.9 Å². The summed E-state index contributed by atoms with van der Waals surface area (Å²) in [6.45, 7) is 1.73. The molecule has 0 bridgehead atoms. The van der Waals surface area contributed by atoms with Gasteiger partial charge in [0.2, 0.25) is 17.9 Å². The predicted molar refractivity (Wildman–Crippen MR) is 84.6 cm³/mol. The number of aryl methyl sites for hydroxylation is 1. The molecule has 0 unspecified atom stereocenters. The highest BCUT2D eigenvalue weighted by Crippen LogP contribution is 2.31. The molecule has 0 saturated carbocycles. The van der Waals surface area contributed by atoms with E-state index in [4.69, 9.17) is 0 Å². The first-order chi connectivity index (χ1) is 11.1. The smallest absolute Gasteiger partial charge is 0.298 e. The Balaban J connectivity index is 2.11. The molecule has 2 N–H and O–H groups in total. The van der Waals surface area contributed by atoms with Crippen LogP contribution in [-0.4, -0.2) is 14.7 Å². The van der Waals surface area contributed by atoms with Crippen LogP contribution in [0.15, 0.2) is 64.1 Å². The van der Waals surface area contributed by atoms with Gasteiger partial charge in [-0.25, -0.2) is 4.57 Å². The van der Waals surface area contributed by atoms with Crippen molar-refractivity contribution >= 4 is 11.4 Å². The molecule has 0 aliphatic heterocycles. The van der Waals surface area contributed by atoms with Gasteiger partial charge in [-0.05, 0) is 19.1 Å². The van der Waals surface area contributed by atoms with Crippen molar-refractivity contribution in [2.45, 2.75) is 6.92 Å². The highest BCUT2D eigenvalue weighted by atomic mass is 16.3. The van der Waals surface area contributed by atoms with E-state index >= 15 is 0 Å². The molecule has 23 heavy (non-hydrogen) atoms. The molecule has 3 rings (SSSR count). The number of nitrogens with one attached hydrogen (secondary N) is 1. The lowest BCUT2D eigenvalue weighted by molar-refractivity contribution is -0.670. The SMILES string of the molecule is Cc1c(N=Nc2ccccc2)c(O)[nH]c(=O)c1-n1cc[n+](C)c1. The first-order valence-corrected chi connectivity index (χ1v) is 7.02. The highest BCUT2D eigenvalue weighted by Gasteiger charge is 2.19. The van der Waals surface area contributed by atoms with Crippen LogP contribution in [0.4, 0.5) is 11.4 Å². The Morgan fingerprint density at radius 1 is 1.22 bits per heavy atom. The number of nitrogens with zero attached hydrogens (tertiary/aromatic N) is 4. The molecule has 3 aromatic rings. The third kappa shape index (κ3) is 2.89. The quantitative estimate of drug-likeness (QED) is 0.575. The number of aromatic amines is 1. The number of hydrogen-bond acceptors (Lipinski definition) is 4. The van der Waals surface area contributed by atoms with Crippen LogP contribution in [0.25, 0.3) is 5.69 Å². The Bertz CT molecular complexity index is 925. The third-order valence-electron chi connectivity index (χ3n) is 3.43. The number of aromatic hydroxyl groups is 1. The molecule has 0 saturated heterocycles. The van der Waals surface area contributed by atoms with Crippen molar-refractivity contribution in [1.29, 1.82) is 0 Å². The molecule has 0 aliphatic rings. The Morgan fingerprint density at radius 2 is 1.96 bits per heavy atom. The van der Waals surface area contributed by atoms with Gasteiger partial charge in [-0.15, -0.1) is 5.11 Å². The van der Waals surface area contributed by atoms with Crippen molar-refractivity contribution in [3.05, 3.63) is 65.0 Å². The van der Waals surface area contributed by atoms with E-state index in [9.17, 15) is 9.90 Å². The number of aromatic nitrogens is 3. The second-order valence-electron chi connectivity index (χ2n) is 5.15. The fraction of sp³-hybridized carbons (Fsp3) is 0.125. The highest BCUT2D eigenvalue weighted by molar-refractivity contribution is 5.60. The Kier molecular flexibility index (Phi) is 3.76. The number of pyridine rings is 1. The van der Waals surface area contributed by atoms with E-state index < -0.39 is 5.56 Å². The molecule has 7 nitrogen and oxygen atoms in total. The van der Waals surface area contributed by atoms with Crippen molar-refractivity contribution in [3.8, 4) is 11.6 Å². The second-order valence-corrected chi connectivity index (χ2v) is 5.15. The minimum Gasteiger partial charge on any atom is -0.493 e. The van der Waals surface area contributed by atoms with Crippen LogP contribution < -0.4 is 10.1 Å². The number of H-pyrrole nitrogens is 1. The van der Waals surface area contributed by atoms with Crippen LogP contribution in [0, 0.1) is 6.92 Å². The fourth-order valence-corrected chi connectivity index (χ4v) is 2.30. The average molecular weight is 310 g/mol. The fourth-order valence-electron chi connectivity index (χ4n) is 2.30. The van der Waals surface area contributed by atoms with Gasteiger partial charge in [0.05, 0.1) is 12.7 Å². The van der Waals surface area contributed by atoms with Gasteiger partial charge in [-0.2, -0.15) is 9.68 Å². The van der Waals surface area contributed by atoms with Gasteiger partial charge in [0.15, 0.2) is 5.69 Å². The standard InChI is InChI=1S/C16H15N5O2/c1-11-13(19-18-12-6-4-3-5-7-12)15(22)17-16(23)14(11)21-9-8-20(2)10-21/h3-10H,1-2H3,(H-,17,18,22,23)/p+1. The number of rotatable bonds is 3. The molecule has 2 heterocycles. The molecular weight excluding hydrogens is 294 g/mol. The van der Waals surface area contributed by atoms with E-state index in [1.807, 2.05) is 36.0 Å². The van der Waals surface area contributed by atoms with Gasteiger partial charge in [-0.1, -0.05) is 18.2 Å². The average Bonchev–Trinajstić information content (AvgIpc) is 2.94. The Labute approximate surface area is 132 Å². The first-order valence-electron chi connectivity index (χ1n) is 7.02. The minimum absolute atomic E-state index is 0.236. The van der Waals surface area contributed by atoms with Crippen LogP contribution in [-0.2, 0) is 7.05 Å². The zero-order valence-electron chi connectivity index (χ0n) is 12.8. The van der Waals surface area contributed by atoms with E-state index in [1.54, 1.807) is 36.1 Å². The summed E-state index contributed by atoms with van der Waals surface area (Å²) in [4.78, 5) is 14.6. The first kappa shape index (κ1) is 14.7. The van der Waals surface area contributed by atoms with Gasteiger partial charge >= 0.3 is 0 Å². The maximum atomic E-state index is 12.2. The van der Waals surface area contributed by atoms with Crippen LogP contribution in [0.1, 0.15) is 5.56 Å². The minimum atomic E-state index is -0.394. The lowest BCUT2D eigenvalue weighted by atomic mass is 10.2. The molecule has 1 aromatic carbocycles. The normalized spacial score (nSPS) is 11.2. The number of benzene rings is 1. The summed E-state index contributed by atoms with van der Waals surface area (Å²) < 4.78 is 3.49. The topological polar surface area (TPSA) is 86.6 Å². The maximum absolute atomic E-state index is 12.2. The van der Waals surface area contributed by atoms with E-state index in [0.717, 1.165) is 0 Å². The number of imidazole rings is 1. The molecule has 2 aromatic heterocycles. The summed E-state index contributed by atoms with van der Waals surface area (Å²) in [5, 5.41) is 18.2. The Hall–Kier alpha value is -3.22. The molecular formula is C16H16N5O2+. The van der Waals surface area contributed by atoms with Crippen LogP contribution in [0.3, 0.4) is 0 Å². The summed E-state index contributed by atoms with van der Waals surface area (Å²) in [7, 11) is 1.86. The summed E-state index contributed by atoms with van der Waals surface area (Å²) in [6, 6.07) is 9.17. The Morgan fingerprint density at radius 3 is 2.61 bits per heavy atom. The van der Waals surface area contributed by atoms with Crippen LogP contribution in [0.5, 0.6) is 5.88 Å².